The van der Waals surface area contributed by atoms with Gasteiger partial charge in [0.2, 0.25) is 0 Å². The van der Waals surface area contributed by atoms with Crippen LogP contribution in [0.25, 0.3) is 0 Å². The molecule has 1 aliphatic rings. The molecule has 1 rings (SSSR count). The lowest BCUT2D eigenvalue weighted by molar-refractivity contribution is 0.0444. The van der Waals surface area contributed by atoms with E-state index >= 15 is 0 Å². The summed E-state index contributed by atoms with van der Waals surface area (Å²) in [5, 5.41) is 0. The zero-order valence-electron chi connectivity index (χ0n) is 11.0. The summed E-state index contributed by atoms with van der Waals surface area (Å²) >= 11 is 0. The summed E-state index contributed by atoms with van der Waals surface area (Å²) in [6.07, 6.45) is 7.63. The molecule has 1 fully saturated rings. The molecule has 15 heavy (non-hydrogen) atoms. The van der Waals surface area contributed by atoms with E-state index in [1.54, 1.807) is 0 Å². The van der Waals surface area contributed by atoms with Gasteiger partial charge in [0.1, 0.15) is 0 Å². The van der Waals surface area contributed by atoms with E-state index in [9.17, 15) is 0 Å². The van der Waals surface area contributed by atoms with Crippen LogP contribution in [0.5, 0.6) is 0 Å². The van der Waals surface area contributed by atoms with Gasteiger partial charge in [0.05, 0.1) is 11.9 Å². The highest BCUT2D eigenvalue weighted by Crippen LogP contribution is 2.38. The van der Waals surface area contributed by atoms with Crippen LogP contribution in [0.15, 0.2) is 11.8 Å². The largest absolute Gasteiger partial charge is 0.495 e. The SMILES string of the molecule is CC=C(C)OC1CCC(C(C)(C)C)CC1. The Balaban J connectivity index is 2.36. The second-order valence-electron chi connectivity index (χ2n) is 5.86. The summed E-state index contributed by atoms with van der Waals surface area (Å²) in [5.74, 6) is 1.96. The molecule has 0 heterocycles. The van der Waals surface area contributed by atoms with Crippen LogP contribution in [0.4, 0.5) is 0 Å². The lowest BCUT2D eigenvalue weighted by Crippen LogP contribution is -2.28. The van der Waals surface area contributed by atoms with Gasteiger partial charge in [0.25, 0.3) is 0 Å². The van der Waals surface area contributed by atoms with E-state index in [0.717, 1.165) is 11.7 Å². The van der Waals surface area contributed by atoms with Crippen molar-refractivity contribution >= 4 is 0 Å². The molecule has 0 bridgehead atoms. The summed E-state index contributed by atoms with van der Waals surface area (Å²) in [7, 11) is 0. The van der Waals surface area contributed by atoms with Gasteiger partial charge >= 0.3 is 0 Å². The van der Waals surface area contributed by atoms with Crippen LogP contribution >= 0.6 is 0 Å². The lowest BCUT2D eigenvalue weighted by Gasteiger charge is -2.37. The average Bonchev–Trinajstić information content (AvgIpc) is 2.17. The van der Waals surface area contributed by atoms with E-state index in [-0.39, 0.29) is 0 Å². The van der Waals surface area contributed by atoms with Crippen molar-refractivity contribution < 1.29 is 4.74 Å². The van der Waals surface area contributed by atoms with Gasteiger partial charge in [-0.3, -0.25) is 0 Å². The molecule has 0 spiro atoms. The molecule has 0 aromatic carbocycles. The fourth-order valence-electron chi connectivity index (χ4n) is 2.38. The summed E-state index contributed by atoms with van der Waals surface area (Å²) < 4.78 is 5.86. The molecule has 0 aromatic rings. The first-order valence-electron chi connectivity index (χ1n) is 6.23. The second kappa shape index (κ2) is 5.05. The number of allylic oxidation sites excluding steroid dienone is 2. The Morgan fingerprint density at radius 1 is 1.13 bits per heavy atom. The molecular weight excluding hydrogens is 184 g/mol. The van der Waals surface area contributed by atoms with E-state index < -0.39 is 0 Å². The smallest absolute Gasteiger partial charge is 0.0982 e. The van der Waals surface area contributed by atoms with Crippen molar-refractivity contribution in [1.29, 1.82) is 0 Å². The number of hydrogen-bond acceptors (Lipinski definition) is 1. The zero-order chi connectivity index (χ0) is 11.5. The lowest BCUT2D eigenvalue weighted by atomic mass is 9.72. The Morgan fingerprint density at radius 2 is 1.67 bits per heavy atom. The minimum atomic E-state index is 0.472. The number of ether oxygens (including phenoxy) is 1. The van der Waals surface area contributed by atoms with Crippen molar-refractivity contribution in [2.45, 2.75) is 66.4 Å². The first-order valence-corrected chi connectivity index (χ1v) is 6.23. The molecule has 1 aliphatic carbocycles. The third-order valence-electron chi connectivity index (χ3n) is 3.66. The monoisotopic (exact) mass is 210 g/mol. The van der Waals surface area contributed by atoms with Crippen molar-refractivity contribution in [2.24, 2.45) is 11.3 Å². The summed E-state index contributed by atoms with van der Waals surface area (Å²) in [5.41, 5.74) is 0.473. The number of hydrogen-bond donors (Lipinski definition) is 0. The molecule has 0 radical (unpaired) electrons. The fraction of sp³-hybridized carbons (Fsp3) is 0.857. The zero-order valence-corrected chi connectivity index (χ0v) is 11.0. The van der Waals surface area contributed by atoms with Crippen molar-refractivity contribution in [1.82, 2.24) is 0 Å². The van der Waals surface area contributed by atoms with Crippen LogP contribution in [-0.4, -0.2) is 6.10 Å². The maximum atomic E-state index is 5.86. The molecule has 0 unspecified atom stereocenters. The standard InChI is InChI=1S/C14H26O/c1-6-11(2)15-13-9-7-12(8-10-13)14(3,4)5/h6,12-13H,7-10H2,1-5H3. The van der Waals surface area contributed by atoms with Gasteiger partial charge in [0.15, 0.2) is 0 Å². The maximum absolute atomic E-state index is 5.86. The highest BCUT2D eigenvalue weighted by molar-refractivity contribution is 4.88. The quantitative estimate of drug-likeness (QED) is 0.608. The Kier molecular flexibility index (Phi) is 4.24. The van der Waals surface area contributed by atoms with E-state index in [2.05, 4.69) is 33.8 Å². The topological polar surface area (TPSA) is 9.23 Å². The van der Waals surface area contributed by atoms with E-state index in [1.165, 1.54) is 25.7 Å². The van der Waals surface area contributed by atoms with Crippen LogP contribution in [0.2, 0.25) is 0 Å². The van der Waals surface area contributed by atoms with Crippen LogP contribution in [0.3, 0.4) is 0 Å². The maximum Gasteiger partial charge on any atom is 0.0982 e. The summed E-state index contributed by atoms with van der Waals surface area (Å²) in [6, 6.07) is 0. The fourth-order valence-corrected chi connectivity index (χ4v) is 2.38. The van der Waals surface area contributed by atoms with Crippen molar-refractivity contribution in [3.05, 3.63) is 11.8 Å². The van der Waals surface area contributed by atoms with E-state index in [0.29, 0.717) is 11.5 Å². The predicted octanol–water partition coefficient (Wildman–Crippen LogP) is 4.53. The average molecular weight is 210 g/mol. The van der Waals surface area contributed by atoms with E-state index in [1.807, 2.05) is 6.92 Å². The molecule has 1 heteroatoms. The van der Waals surface area contributed by atoms with Gasteiger partial charge < -0.3 is 4.74 Å². The van der Waals surface area contributed by atoms with Gasteiger partial charge in [-0.2, -0.15) is 0 Å². The summed E-state index contributed by atoms with van der Waals surface area (Å²) in [4.78, 5) is 0. The Labute approximate surface area is 94.9 Å². The Morgan fingerprint density at radius 3 is 2.07 bits per heavy atom. The second-order valence-corrected chi connectivity index (χ2v) is 5.86. The van der Waals surface area contributed by atoms with Crippen LogP contribution in [0.1, 0.15) is 60.3 Å². The molecule has 88 valence electrons. The Bertz CT molecular complexity index is 214. The van der Waals surface area contributed by atoms with Crippen molar-refractivity contribution in [3.63, 3.8) is 0 Å². The van der Waals surface area contributed by atoms with Crippen LogP contribution in [-0.2, 0) is 4.74 Å². The van der Waals surface area contributed by atoms with Gasteiger partial charge in [-0.25, -0.2) is 0 Å². The van der Waals surface area contributed by atoms with Crippen LogP contribution < -0.4 is 0 Å². The molecule has 0 amide bonds. The van der Waals surface area contributed by atoms with Gasteiger partial charge in [0, 0.05) is 0 Å². The predicted molar refractivity (Wildman–Crippen MR) is 65.7 cm³/mol. The first-order chi connectivity index (χ1) is 6.93. The van der Waals surface area contributed by atoms with Crippen molar-refractivity contribution in [2.75, 3.05) is 0 Å². The normalized spacial score (nSPS) is 29.0. The van der Waals surface area contributed by atoms with Gasteiger partial charge in [-0.15, -0.1) is 0 Å². The van der Waals surface area contributed by atoms with Gasteiger partial charge in [-0.1, -0.05) is 20.8 Å². The Hall–Kier alpha value is -0.460. The molecule has 0 N–H and O–H groups in total. The minimum absolute atomic E-state index is 0.472. The first kappa shape index (κ1) is 12.6. The van der Waals surface area contributed by atoms with Crippen LogP contribution in [0, 0.1) is 11.3 Å². The number of rotatable bonds is 2. The van der Waals surface area contributed by atoms with Crippen molar-refractivity contribution in [3.8, 4) is 0 Å². The highest BCUT2D eigenvalue weighted by Gasteiger charge is 2.30. The third kappa shape index (κ3) is 3.89. The summed E-state index contributed by atoms with van der Waals surface area (Å²) in [6.45, 7) is 11.2. The molecule has 0 saturated heterocycles. The van der Waals surface area contributed by atoms with E-state index in [4.69, 9.17) is 4.74 Å². The molecule has 1 saturated carbocycles. The molecule has 1 nitrogen and oxygen atoms in total. The third-order valence-corrected chi connectivity index (χ3v) is 3.66. The minimum Gasteiger partial charge on any atom is -0.495 e. The molecule has 0 aromatic heterocycles. The van der Waals surface area contributed by atoms with Gasteiger partial charge in [-0.05, 0) is 56.9 Å². The molecule has 0 atom stereocenters. The highest BCUT2D eigenvalue weighted by atomic mass is 16.5. The molecule has 0 aliphatic heterocycles. The molecular formula is C14H26O.